The van der Waals surface area contributed by atoms with E-state index in [1.54, 1.807) is 7.11 Å². The molecule has 5 nitrogen and oxygen atoms in total. The van der Waals surface area contributed by atoms with Gasteiger partial charge in [0, 0.05) is 41.2 Å². The Morgan fingerprint density at radius 1 is 1.07 bits per heavy atom. The van der Waals surface area contributed by atoms with Gasteiger partial charge in [-0.15, -0.1) is 0 Å². The van der Waals surface area contributed by atoms with Crippen LogP contribution in [0.5, 0.6) is 11.5 Å². The fraction of sp³-hybridized carbons (Fsp3) is 0.375. The van der Waals surface area contributed by atoms with Gasteiger partial charge in [-0.3, -0.25) is 9.59 Å². The lowest BCUT2D eigenvalue weighted by molar-refractivity contribution is -0.115. The predicted molar refractivity (Wildman–Crippen MR) is 108 cm³/mol. The molecule has 2 unspecified atom stereocenters. The lowest BCUT2D eigenvalue weighted by atomic mass is 9.76. The number of benzene rings is 2. The van der Waals surface area contributed by atoms with E-state index in [4.69, 9.17) is 9.47 Å². The highest BCUT2D eigenvalue weighted by Crippen LogP contribution is 2.50. The van der Waals surface area contributed by atoms with Crippen LogP contribution in [-0.2, 0) is 11.2 Å². The highest BCUT2D eigenvalue weighted by atomic mass is 16.5. The molecule has 0 N–H and O–H groups in total. The van der Waals surface area contributed by atoms with Crippen molar-refractivity contribution in [3.8, 4) is 17.6 Å². The molecule has 0 bridgehead atoms. The summed E-state index contributed by atoms with van der Waals surface area (Å²) >= 11 is 0. The molecule has 146 valence electrons. The molecular weight excluding hydrogens is 366 g/mol. The first-order valence-electron chi connectivity index (χ1n) is 10.0. The Kier molecular flexibility index (Phi) is 3.82. The van der Waals surface area contributed by atoms with Crippen LogP contribution >= 0.6 is 0 Å². The molecule has 2 aliphatic carbocycles. The van der Waals surface area contributed by atoms with Crippen molar-refractivity contribution in [3.63, 3.8) is 0 Å². The van der Waals surface area contributed by atoms with E-state index in [9.17, 15) is 14.9 Å². The standard InChI is InChI=1S/C24H21NO4/c1-11-4-14-17(10-25)24-22-15(21(14)18(26)5-11)8-13(28-3)9-16(22)23-19(27)6-12(2)7-20(23)29-24/h8-9,11-12H,4-7H2,1-3H3. The average molecular weight is 387 g/mol. The molecule has 2 atom stereocenters. The van der Waals surface area contributed by atoms with E-state index in [1.165, 1.54) is 0 Å². The minimum absolute atomic E-state index is 0.0318. The largest absolute Gasteiger partial charge is 0.497 e. The zero-order chi connectivity index (χ0) is 20.4. The molecular formula is C24H21NO4. The fourth-order valence-corrected chi connectivity index (χ4v) is 5.09. The quantitative estimate of drug-likeness (QED) is 0.715. The van der Waals surface area contributed by atoms with Gasteiger partial charge in [0.05, 0.1) is 18.2 Å². The van der Waals surface area contributed by atoms with Gasteiger partial charge in [0.15, 0.2) is 17.3 Å². The Hall–Kier alpha value is -3.13. The number of hydrogen-bond donors (Lipinski definition) is 0. The first-order chi connectivity index (χ1) is 13.9. The molecule has 0 fully saturated rings. The van der Waals surface area contributed by atoms with E-state index in [0.717, 1.165) is 16.5 Å². The summed E-state index contributed by atoms with van der Waals surface area (Å²) in [6.45, 7) is 4.05. The molecule has 3 aliphatic rings. The number of carbonyl (C=O) groups is 2. The van der Waals surface area contributed by atoms with Gasteiger partial charge in [0.25, 0.3) is 0 Å². The van der Waals surface area contributed by atoms with Crippen molar-refractivity contribution in [1.29, 1.82) is 5.26 Å². The number of fused-ring (bicyclic) bond motifs is 3. The molecule has 0 saturated heterocycles. The molecule has 1 aliphatic heterocycles. The van der Waals surface area contributed by atoms with Crippen LogP contribution in [-0.4, -0.2) is 18.7 Å². The van der Waals surface area contributed by atoms with Gasteiger partial charge in [-0.05, 0) is 36.0 Å². The van der Waals surface area contributed by atoms with Crippen molar-refractivity contribution >= 4 is 27.9 Å². The summed E-state index contributed by atoms with van der Waals surface area (Å²) in [4.78, 5) is 26.0. The second-order valence-corrected chi connectivity index (χ2v) is 8.54. The Morgan fingerprint density at radius 3 is 2.52 bits per heavy atom. The smallest absolute Gasteiger partial charge is 0.167 e. The molecule has 2 aromatic carbocycles. The first-order valence-corrected chi connectivity index (χ1v) is 10.0. The molecule has 1 heterocycles. The summed E-state index contributed by atoms with van der Waals surface area (Å²) in [5.74, 6) is 2.14. The van der Waals surface area contributed by atoms with Crippen molar-refractivity contribution in [2.45, 2.75) is 39.5 Å². The second kappa shape index (κ2) is 6.18. The van der Waals surface area contributed by atoms with E-state index in [1.807, 2.05) is 26.0 Å². The summed E-state index contributed by atoms with van der Waals surface area (Å²) in [6, 6.07) is 5.97. The normalized spacial score (nSPS) is 22.7. The van der Waals surface area contributed by atoms with Crippen LogP contribution in [0.15, 0.2) is 17.9 Å². The lowest BCUT2D eigenvalue weighted by Gasteiger charge is -2.32. The van der Waals surface area contributed by atoms with Gasteiger partial charge in [-0.1, -0.05) is 13.8 Å². The van der Waals surface area contributed by atoms with E-state index < -0.39 is 0 Å². The number of allylic oxidation sites excluding steroid dienone is 2. The number of nitrogens with zero attached hydrogens (tertiary/aromatic N) is 1. The van der Waals surface area contributed by atoms with E-state index in [0.29, 0.717) is 65.0 Å². The number of rotatable bonds is 1. The molecule has 5 heteroatoms. The number of ketones is 2. The molecule has 0 amide bonds. The number of methoxy groups -OCH3 is 1. The average Bonchev–Trinajstić information content (AvgIpc) is 2.66. The van der Waals surface area contributed by atoms with Gasteiger partial charge in [0.2, 0.25) is 0 Å². The van der Waals surface area contributed by atoms with Crippen LogP contribution in [0.2, 0.25) is 0 Å². The predicted octanol–water partition coefficient (Wildman–Crippen LogP) is 4.59. The monoisotopic (exact) mass is 387 g/mol. The molecule has 0 saturated carbocycles. The van der Waals surface area contributed by atoms with Gasteiger partial charge in [-0.25, -0.2) is 0 Å². The van der Waals surface area contributed by atoms with Crippen molar-refractivity contribution in [3.05, 3.63) is 40.1 Å². The Balaban J connectivity index is 1.95. The zero-order valence-electron chi connectivity index (χ0n) is 16.7. The maximum Gasteiger partial charge on any atom is 0.167 e. The lowest BCUT2D eigenvalue weighted by Crippen LogP contribution is -2.25. The molecule has 0 radical (unpaired) electrons. The van der Waals surface area contributed by atoms with Crippen molar-refractivity contribution in [2.75, 3.05) is 7.11 Å². The minimum Gasteiger partial charge on any atom is -0.497 e. The molecule has 2 aromatic rings. The van der Waals surface area contributed by atoms with E-state index in [2.05, 4.69) is 6.07 Å². The maximum absolute atomic E-state index is 13.0. The van der Waals surface area contributed by atoms with Crippen molar-refractivity contribution in [1.82, 2.24) is 0 Å². The Bertz CT molecular complexity index is 1200. The van der Waals surface area contributed by atoms with Crippen LogP contribution in [0.1, 0.15) is 60.2 Å². The summed E-state index contributed by atoms with van der Waals surface area (Å²) in [7, 11) is 1.58. The van der Waals surface area contributed by atoms with Crippen LogP contribution in [0.25, 0.3) is 16.3 Å². The molecule has 0 spiro atoms. The second-order valence-electron chi connectivity index (χ2n) is 8.54. The summed E-state index contributed by atoms with van der Waals surface area (Å²) in [5, 5.41) is 11.4. The number of Topliss-reactive ketones (excluding diaryl/α,β-unsaturated/α-hetero) is 2. The van der Waals surface area contributed by atoms with Gasteiger partial charge < -0.3 is 9.47 Å². The number of nitriles is 1. The first kappa shape index (κ1) is 17.9. The summed E-state index contributed by atoms with van der Waals surface area (Å²) < 4.78 is 11.8. The molecule has 0 aromatic heterocycles. The van der Waals surface area contributed by atoms with Crippen LogP contribution in [0, 0.1) is 23.2 Å². The highest BCUT2D eigenvalue weighted by molar-refractivity contribution is 6.28. The van der Waals surface area contributed by atoms with E-state index >= 15 is 0 Å². The summed E-state index contributed by atoms with van der Waals surface area (Å²) in [5.41, 5.74) is 3.06. The van der Waals surface area contributed by atoms with Gasteiger partial charge in [0.1, 0.15) is 17.6 Å². The van der Waals surface area contributed by atoms with Crippen molar-refractivity contribution < 1.29 is 19.1 Å². The summed E-state index contributed by atoms with van der Waals surface area (Å²) in [6.07, 6.45) is 2.22. The van der Waals surface area contributed by atoms with Crippen LogP contribution < -0.4 is 9.47 Å². The molecule has 29 heavy (non-hydrogen) atoms. The third kappa shape index (κ3) is 2.45. The highest BCUT2D eigenvalue weighted by Gasteiger charge is 2.38. The Labute approximate surface area is 168 Å². The third-order valence-electron chi connectivity index (χ3n) is 6.27. The minimum atomic E-state index is 0.0318. The fourth-order valence-electron chi connectivity index (χ4n) is 5.09. The number of hydrogen-bond acceptors (Lipinski definition) is 5. The number of ether oxygens (including phenoxy) is 2. The van der Waals surface area contributed by atoms with Crippen LogP contribution in [0.4, 0.5) is 0 Å². The number of carbonyl (C=O) groups excluding carboxylic acids is 2. The van der Waals surface area contributed by atoms with E-state index in [-0.39, 0.29) is 23.4 Å². The van der Waals surface area contributed by atoms with Crippen molar-refractivity contribution in [2.24, 2.45) is 11.8 Å². The Morgan fingerprint density at radius 2 is 1.79 bits per heavy atom. The third-order valence-corrected chi connectivity index (χ3v) is 6.27. The van der Waals surface area contributed by atoms with Gasteiger partial charge in [-0.2, -0.15) is 5.26 Å². The molecule has 5 rings (SSSR count). The zero-order valence-corrected chi connectivity index (χ0v) is 16.7. The van der Waals surface area contributed by atoms with Crippen LogP contribution in [0.3, 0.4) is 0 Å². The maximum atomic E-state index is 13.0. The topological polar surface area (TPSA) is 76.4 Å². The van der Waals surface area contributed by atoms with Gasteiger partial charge >= 0.3 is 0 Å². The SMILES string of the molecule is COc1cc2c3c(c(C#N)c4c(c3c1)C(=O)CC(C)C4)OC1=C2C(=O)CC(C)C1.